The number of Topliss-reactive ketones (excluding diaryl/α,β-unsaturated/α-hetero) is 1. The van der Waals surface area contributed by atoms with Crippen molar-refractivity contribution in [1.82, 2.24) is 5.23 Å². The average molecular weight is 160 g/mol. The highest BCUT2D eigenvalue weighted by Crippen LogP contribution is 2.02. The standard InChI is InChI=1S/C9H10BNO/c1-7(11-10)9(12)8-5-3-2-4-6-8/h2-7,11H,1H3/i2D. The maximum atomic E-state index is 11.5. The summed E-state index contributed by atoms with van der Waals surface area (Å²) in [7, 11) is 5.13. The third-order valence-electron chi connectivity index (χ3n) is 1.65. The Kier molecular flexibility index (Phi) is 2.56. The van der Waals surface area contributed by atoms with Crippen LogP contribution in [0.4, 0.5) is 0 Å². The molecule has 1 N–H and O–H groups in total. The fourth-order valence-electron chi connectivity index (χ4n) is 0.877. The topological polar surface area (TPSA) is 29.1 Å². The van der Waals surface area contributed by atoms with Crippen molar-refractivity contribution in [1.29, 1.82) is 0 Å². The molecule has 12 heavy (non-hydrogen) atoms. The normalized spacial score (nSPS) is 13.6. The van der Waals surface area contributed by atoms with Crippen LogP contribution in [-0.2, 0) is 0 Å². The summed E-state index contributed by atoms with van der Waals surface area (Å²) in [6.07, 6.45) is 0. The van der Waals surface area contributed by atoms with E-state index in [-0.39, 0.29) is 5.78 Å². The number of ketones is 1. The Hall–Kier alpha value is -1.09. The van der Waals surface area contributed by atoms with Gasteiger partial charge in [-0.2, -0.15) is 0 Å². The van der Waals surface area contributed by atoms with Gasteiger partial charge in [0.05, 0.1) is 7.41 Å². The van der Waals surface area contributed by atoms with E-state index < -0.39 is 6.04 Å². The molecule has 0 aliphatic rings. The van der Waals surface area contributed by atoms with Crippen molar-refractivity contribution < 1.29 is 6.17 Å². The molecule has 1 aromatic carbocycles. The Morgan fingerprint density at radius 1 is 1.67 bits per heavy atom. The van der Waals surface area contributed by atoms with Crippen molar-refractivity contribution in [3.8, 4) is 0 Å². The molecule has 1 rings (SSSR count). The maximum absolute atomic E-state index is 11.5. The molecule has 1 atom stereocenters. The SMILES string of the molecule is [2H]c1ccc(C(=O)C(C)N[B])cc1. The van der Waals surface area contributed by atoms with E-state index in [9.17, 15) is 4.79 Å². The van der Waals surface area contributed by atoms with Crippen molar-refractivity contribution in [2.75, 3.05) is 0 Å². The molecule has 1 aromatic rings. The first-order chi connectivity index (χ1) is 6.15. The largest absolute Gasteiger partial charge is 0.358 e. The number of hydrogen-bond donors (Lipinski definition) is 1. The summed E-state index contributed by atoms with van der Waals surface area (Å²) >= 11 is 0. The molecule has 0 aromatic heterocycles. The van der Waals surface area contributed by atoms with Gasteiger partial charge in [-0.15, -0.1) is 0 Å². The summed E-state index contributed by atoms with van der Waals surface area (Å²) in [4.78, 5) is 11.5. The van der Waals surface area contributed by atoms with Crippen LogP contribution in [0.1, 0.15) is 18.7 Å². The van der Waals surface area contributed by atoms with E-state index in [0.717, 1.165) is 0 Å². The monoisotopic (exact) mass is 160 g/mol. The smallest absolute Gasteiger partial charge is 0.178 e. The van der Waals surface area contributed by atoms with E-state index >= 15 is 0 Å². The molecule has 0 fully saturated rings. The zero-order valence-electron chi connectivity index (χ0n) is 7.87. The van der Waals surface area contributed by atoms with Gasteiger partial charge in [0.1, 0.15) is 0 Å². The van der Waals surface area contributed by atoms with Crippen LogP contribution < -0.4 is 5.23 Å². The molecule has 1 unspecified atom stereocenters. The second-order valence-corrected chi connectivity index (χ2v) is 2.54. The lowest BCUT2D eigenvalue weighted by Crippen LogP contribution is -2.31. The molecular formula is C9H10BNO. The minimum absolute atomic E-state index is 0.0671. The summed E-state index contributed by atoms with van der Waals surface area (Å²) in [5, 5.41) is 2.38. The van der Waals surface area contributed by atoms with E-state index in [4.69, 9.17) is 9.35 Å². The molecular weight excluding hydrogens is 149 g/mol. The van der Waals surface area contributed by atoms with E-state index in [1.165, 1.54) is 0 Å². The number of hydrogen-bond acceptors (Lipinski definition) is 2. The van der Waals surface area contributed by atoms with Gasteiger partial charge in [-0.1, -0.05) is 30.3 Å². The highest BCUT2D eigenvalue weighted by Gasteiger charge is 2.10. The Morgan fingerprint density at radius 2 is 2.25 bits per heavy atom. The second kappa shape index (κ2) is 4.07. The molecule has 2 nitrogen and oxygen atoms in total. The molecule has 0 aliphatic carbocycles. The number of carbonyl (C=O) groups excluding carboxylic acids is 1. The minimum Gasteiger partial charge on any atom is -0.358 e. The van der Waals surface area contributed by atoms with Crippen LogP contribution in [0.15, 0.2) is 30.3 Å². The first-order valence-corrected chi connectivity index (χ1v) is 3.72. The van der Waals surface area contributed by atoms with Crippen molar-refractivity contribution in [3.05, 3.63) is 35.9 Å². The molecule has 2 radical (unpaired) electrons. The molecule has 0 heterocycles. The summed E-state index contributed by atoms with van der Waals surface area (Å²) in [6.45, 7) is 1.69. The first kappa shape index (κ1) is 7.56. The molecule has 60 valence electrons. The van der Waals surface area contributed by atoms with Gasteiger partial charge >= 0.3 is 0 Å². The van der Waals surface area contributed by atoms with Gasteiger partial charge in [-0.3, -0.25) is 4.79 Å². The highest BCUT2D eigenvalue weighted by molar-refractivity contribution is 6.09. The van der Waals surface area contributed by atoms with Crippen molar-refractivity contribution in [3.63, 3.8) is 0 Å². The first-order valence-electron chi connectivity index (χ1n) is 4.22. The number of rotatable bonds is 3. The summed E-state index contributed by atoms with van der Waals surface area (Å²) in [5.74, 6) is -0.0671. The lowest BCUT2D eigenvalue weighted by Gasteiger charge is -2.08. The zero-order chi connectivity index (χ0) is 9.84. The molecule has 0 saturated heterocycles. The van der Waals surface area contributed by atoms with Crippen molar-refractivity contribution in [2.45, 2.75) is 13.0 Å². The molecule has 0 spiro atoms. The van der Waals surface area contributed by atoms with E-state index in [0.29, 0.717) is 11.6 Å². The van der Waals surface area contributed by atoms with Crippen LogP contribution in [0.2, 0.25) is 0 Å². The Bertz CT molecular complexity index is 299. The van der Waals surface area contributed by atoms with Crippen molar-refractivity contribution >= 4 is 13.8 Å². The van der Waals surface area contributed by atoms with Gasteiger partial charge in [0.25, 0.3) is 0 Å². The fourth-order valence-corrected chi connectivity index (χ4v) is 0.877. The number of nitrogens with one attached hydrogen (secondary N) is 1. The van der Waals surface area contributed by atoms with E-state index in [1.807, 2.05) is 0 Å². The van der Waals surface area contributed by atoms with Gasteiger partial charge in [0, 0.05) is 5.56 Å². The van der Waals surface area contributed by atoms with Gasteiger partial charge in [0.15, 0.2) is 13.8 Å². The van der Waals surface area contributed by atoms with Crippen LogP contribution in [0.3, 0.4) is 0 Å². The van der Waals surface area contributed by atoms with Crippen LogP contribution in [0, 0.1) is 0 Å². The molecule has 3 heteroatoms. The number of carbonyl (C=O) groups is 1. The van der Waals surface area contributed by atoms with Gasteiger partial charge in [-0.25, -0.2) is 0 Å². The quantitative estimate of drug-likeness (QED) is 0.526. The fraction of sp³-hybridized carbons (Fsp3) is 0.222. The van der Waals surface area contributed by atoms with Crippen molar-refractivity contribution in [2.24, 2.45) is 0 Å². The van der Waals surface area contributed by atoms with Gasteiger partial charge in [0.2, 0.25) is 0 Å². The van der Waals surface area contributed by atoms with Crippen LogP contribution in [0.5, 0.6) is 0 Å². The van der Waals surface area contributed by atoms with Crippen LogP contribution in [-0.4, -0.2) is 19.8 Å². The van der Waals surface area contributed by atoms with Crippen LogP contribution >= 0.6 is 0 Å². The predicted octanol–water partition coefficient (Wildman–Crippen LogP) is 0.931. The summed E-state index contributed by atoms with van der Waals surface area (Å²) in [6, 6.07) is 6.41. The summed E-state index contributed by atoms with van der Waals surface area (Å²) in [5.41, 5.74) is 0.571. The van der Waals surface area contributed by atoms with Crippen LogP contribution in [0.25, 0.3) is 0 Å². The number of benzene rings is 1. The van der Waals surface area contributed by atoms with E-state index in [1.54, 1.807) is 31.2 Å². The molecule has 0 amide bonds. The minimum atomic E-state index is -0.392. The summed E-state index contributed by atoms with van der Waals surface area (Å²) < 4.78 is 7.23. The molecule has 0 aliphatic heterocycles. The predicted molar refractivity (Wildman–Crippen MR) is 49.1 cm³/mol. The van der Waals surface area contributed by atoms with Gasteiger partial charge in [-0.05, 0) is 6.92 Å². The third kappa shape index (κ3) is 1.95. The Balaban J connectivity index is 2.83. The molecule has 0 bridgehead atoms. The lowest BCUT2D eigenvalue weighted by atomic mass is 10.0. The Labute approximate surface area is 74.8 Å². The molecule has 0 saturated carbocycles. The van der Waals surface area contributed by atoms with E-state index in [2.05, 4.69) is 5.23 Å². The Morgan fingerprint density at radius 3 is 2.75 bits per heavy atom. The average Bonchev–Trinajstić information content (AvgIpc) is 2.17. The van der Waals surface area contributed by atoms with Gasteiger partial charge < -0.3 is 5.23 Å². The lowest BCUT2D eigenvalue weighted by molar-refractivity contribution is 0.0961. The maximum Gasteiger partial charge on any atom is 0.178 e. The second-order valence-electron chi connectivity index (χ2n) is 2.54. The zero-order valence-corrected chi connectivity index (χ0v) is 6.87. The third-order valence-corrected chi connectivity index (χ3v) is 1.65. The highest BCUT2D eigenvalue weighted by atomic mass is 16.1.